The molecule has 1 aliphatic heterocycles. The number of benzene rings is 1. The van der Waals surface area contributed by atoms with Gasteiger partial charge >= 0.3 is 5.97 Å². The van der Waals surface area contributed by atoms with Gasteiger partial charge in [0.25, 0.3) is 5.91 Å². The number of carbonyl (C=O) groups excluding carboxylic acids is 2. The lowest BCUT2D eigenvalue weighted by atomic mass is 10.0. The van der Waals surface area contributed by atoms with Crippen LogP contribution in [0.2, 0.25) is 0 Å². The number of carboxylic acids is 1. The van der Waals surface area contributed by atoms with Gasteiger partial charge < -0.3 is 25.2 Å². The Morgan fingerprint density at radius 1 is 1.23 bits per heavy atom. The van der Waals surface area contributed by atoms with Crippen LogP contribution in [-0.2, 0) is 25.7 Å². The molecule has 1 aromatic rings. The van der Waals surface area contributed by atoms with Gasteiger partial charge in [-0.05, 0) is 24.0 Å². The van der Waals surface area contributed by atoms with Crippen LogP contribution in [0.25, 0.3) is 0 Å². The number of aliphatic carboxylic acids is 1. The topological polar surface area (TPSA) is 116 Å². The molecule has 8 heteroatoms. The zero-order valence-corrected chi connectivity index (χ0v) is 17.5. The van der Waals surface area contributed by atoms with Gasteiger partial charge in [-0.25, -0.2) is 0 Å². The largest absolute Gasteiger partial charge is 0.507 e. The van der Waals surface area contributed by atoms with Crippen LogP contribution >= 0.6 is 0 Å². The number of carboxylic acid groups (broad SMARTS) is 1. The van der Waals surface area contributed by atoms with Crippen molar-refractivity contribution < 1.29 is 29.3 Å². The molecule has 0 aromatic heterocycles. The molecule has 0 unspecified atom stereocenters. The Kier molecular flexibility index (Phi) is 8.17. The van der Waals surface area contributed by atoms with E-state index in [1.807, 2.05) is 24.3 Å². The molecule has 8 nitrogen and oxygen atoms in total. The van der Waals surface area contributed by atoms with Crippen molar-refractivity contribution in [2.45, 2.75) is 39.7 Å². The summed E-state index contributed by atoms with van der Waals surface area (Å²) >= 11 is 0. The highest BCUT2D eigenvalue weighted by Crippen LogP contribution is 2.27. The average Bonchev–Trinajstić information content (AvgIpc) is 2.75. The quantitative estimate of drug-likeness (QED) is 0.324. The molecule has 30 heavy (non-hydrogen) atoms. The Bertz CT molecular complexity index is 855. The summed E-state index contributed by atoms with van der Waals surface area (Å²) in [5, 5.41) is 21.6. The third kappa shape index (κ3) is 5.93. The van der Waals surface area contributed by atoms with Crippen molar-refractivity contribution in [3.63, 3.8) is 0 Å². The van der Waals surface area contributed by atoms with Crippen LogP contribution in [0, 0.1) is 0 Å². The molecule has 0 fully saturated rings. The second-order valence-electron chi connectivity index (χ2n) is 7.41. The van der Waals surface area contributed by atoms with Crippen molar-refractivity contribution in [2.75, 3.05) is 19.8 Å². The summed E-state index contributed by atoms with van der Waals surface area (Å²) in [5.41, 5.74) is 3.02. The first kappa shape index (κ1) is 23.2. The van der Waals surface area contributed by atoms with E-state index in [2.05, 4.69) is 19.2 Å². The Hall–Kier alpha value is -3.13. The Morgan fingerprint density at radius 2 is 1.90 bits per heavy atom. The lowest BCUT2D eigenvalue weighted by Gasteiger charge is -2.28. The number of rotatable bonds is 9. The summed E-state index contributed by atoms with van der Waals surface area (Å²) in [4.78, 5) is 36.1. The van der Waals surface area contributed by atoms with Gasteiger partial charge in [0.15, 0.2) is 0 Å². The van der Waals surface area contributed by atoms with Crippen LogP contribution in [-0.4, -0.2) is 53.2 Å². The number of carbonyl (C=O) groups is 3. The minimum absolute atomic E-state index is 0.0159. The van der Waals surface area contributed by atoms with Crippen molar-refractivity contribution in [3.8, 4) is 0 Å². The van der Waals surface area contributed by atoms with Crippen molar-refractivity contribution in [1.29, 1.82) is 0 Å². The lowest BCUT2D eigenvalue weighted by molar-refractivity contribution is -0.137. The van der Waals surface area contributed by atoms with Gasteiger partial charge in [0.1, 0.15) is 12.3 Å². The van der Waals surface area contributed by atoms with E-state index in [0.29, 0.717) is 43.2 Å². The molecular weight excluding hydrogens is 388 g/mol. The first-order chi connectivity index (χ1) is 14.2. The predicted molar refractivity (Wildman–Crippen MR) is 111 cm³/mol. The minimum atomic E-state index is -1.18. The molecule has 1 heterocycles. The first-order valence-corrected chi connectivity index (χ1v) is 9.75. The average molecular weight is 416 g/mol. The number of aliphatic hydroxyl groups is 1. The highest BCUT2D eigenvalue weighted by molar-refractivity contribution is 5.95. The summed E-state index contributed by atoms with van der Waals surface area (Å²) < 4.78 is 5.48. The van der Waals surface area contributed by atoms with E-state index in [0.717, 1.165) is 5.56 Å². The number of hydrogen-bond donors (Lipinski definition) is 3. The van der Waals surface area contributed by atoms with Gasteiger partial charge in [0, 0.05) is 12.0 Å². The Morgan fingerprint density at radius 3 is 2.47 bits per heavy atom. The van der Waals surface area contributed by atoms with Gasteiger partial charge in [0.2, 0.25) is 6.41 Å². The standard InChI is InChI=1S/C22H28N2O6/c1-14(2)17-6-4-16(5-7-17)11-24(13-25)19-12-30-9-8-18(19)21(28)15(3)22(29)23-10-20(26)27/h4-7,13-14,28H,8-12H2,1-3H3,(H,23,29)(H,26,27)/b21-15-. The van der Waals surface area contributed by atoms with Gasteiger partial charge in [-0.2, -0.15) is 0 Å². The Labute approximate surface area is 175 Å². The number of nitrogens with zero attached hydrogens (tertiary/aromatic N) is 1. The number of hydrogen-bond acceptors (Lipinski definition) is 5. The molecule has 3 N–H and O–H groups in total. The number of nitrogens with one attached hydrogen (secondary N) is 1. The fourth-order valence-corrected chi connectivity index (χ4v) is 3.11. The maximum absolute atomic E-state index is 12.1. The van der Waals surface area contributed by atoms with E-state index in [9.17, 15) is 19.5 Å². The summed E-state index contributed by atoms with van der Waals surface area (Å²) in [6.45, 7) is 5.81. The Balaban J connectivity index is 2.31. The van der Waals surface area contributed by atoms with E-state index in [-0.39, 0.29) is 17.9 Å². The van der Waals surface area contributed by atoms with Gasteiger partial charge in [-0.3, -0.25) is 14.4 Å². The smallest absolute Gasteiger partial charge is 0.322 e. The molecule has 0 atom stereocenters. The highest BCUT2D eigenvalue weighted by atomic mass is 16.5. The number of aliphatic hydroxyl groups excluding tert-OH is 1. The molecule has 2 amide bonds. The van der Waals surface area contributed by atoms with Crippen molar-refractivity contribution in [3.05, 3.63) is 58.0 Å². The molecule has 0 spiro atoms. The SMILES string of the molecule is C/C(C(=O)NCC(=O)O)=C(/O)C1=C(N(C=O)Cc2ccc(C(C)C)cc2)COCC1. The van der Waals surface area contributed by atoms with E-state index < -0.39 is 18.4 Å². The molecule has 1 aliphatic rings. The van der Waals surface area contributed by atoms with Crippen LogP contribution in [0.3, 0.4) is 0 Å². The maximum Gasteiger partial charge on any atom is 0.322 e. The number of allylic oxidation sites excluding steroid dienone is 1. The van der Waals surface area contributed by atoms with Gasteiger partial charge in [0.05, 0.1) is 31.0 Å². The predicted octanol–water partition coefficient (Wildman–Crippen LogP) is 2.48. The zero-order valence-electron chi connectivity index (χ0n) is 17.5. The van der Waals surface area contributed by atoms with Crippen molar-refractivity contribution in [1.82, 2.24) is 10.2 Å². The minimum Gasteiger partial charge on any atom is -0.507 e. The summed E-state index contributed by atoms with van der Waals surface area (Å²) in [7, 11) is 0. The summed E-state index contributed by atoms with van der Waals surface area (Å²) in [5.74, 6) is -1.73. The van der Waals surface area contributed by atoms with E-state index in [4.69, 9.17) is 9.84 Å². The third-order valence-electron chi connectivity index (χ3n) is 4.94. The maximum atomic E-state index is 12.1. The van der Waals surface area contributed by atoms with Crippen LogP contribution in [0.5, 0.6) is 0 Å². The number of amides is 2. The second kappa shape index (κ2) is 10.6. The van der Waals surface area contributed by atoms with Crippen LogP contribution in [0.4, 0.5) is 0 Å². The monoisotopic (exact) mass is 416 g/mol. The first-order valence-electron chi connectivity index (χ1n) is 9.75. The molecule has 162 valence electrons. The molecular formula is C22H28N2O6. The van der Waals surface area contributed by atoms with Crippen LogP contribution < -0.4 is 5.32 Å². The van der Waals surface area contributed by atoms with E-state index in [1.165, 1.54) is 17.4 Å². The zero-order chi connectivity index (χ0) is 22.3. The summed E-state index contributed by atoms with van der Waals surface area (Å²) in [6.07, 6.45) is 0.995. The van der Waals surface area contributed by atoms with Gasteiger partial charge in [-0.1, -0.05) is 38.1 Å². The third-order valence-corrected chi connectivity index (χ3v) is 4.94. The highest BCUT2D eigenvalue weighted by Gasteiger charge is 2.24. The normalized spacial score (nSPS) is 14.9. The second-order valence-corrected chi connectivity index (χ2v) is 7.41. The molecule has 0 saturated heterocycles. The molecule has 0 bridgehead atoms. The number of ether oxygens (including phenoxy) is 1. The molecule has 1 aromatic carbocycles. The fourth-order valence-electron chi connectivity index (χ4n) is 3.11. The van der Waals surface area contributed by atoms with E-state index in [1.54, 1.807) is 0 Å². The van der Waals surface area contributed by atoms with Crippen molar-refractivity contribution in [2.24, 2.45) is 0 Å². The molecule has 0 saturated carbocycles. The van der Waals surface area contributed by atoms with E-state index >= 15 is 0 Å². The molecule has 0 radical (unpaired) electrons. The lowest BCUT2D eigenvalue weighted by Crippen LogP contribution is -2.32. The van der Waals surface area contributed by atoms with Crippen LogP contribution in [0.15, 0.2) is 46.9 Å². The van der Waals surface area contributed by atoms with Crippen molar-refractivity contribution >= 4 is 18.3 Å². The molecule has 0 aliphatic carbocycles. The fraction of sp³-hybridized carbons (Fsp3) is 0.409. The summed E-state index contributed by atoms with van der Waals surface area (Å²) in [6, 6.07) is 7.94. The van der Waals surface area contributed by atoms with Crippen LogP contribution in [0.1, 0.15) is 44.2 Å². The van der Waals surface area contributed by atoms with Gasteiger partial charge in [-0.15, -0.1) is 0 Å². The molecule has 2 rings (SSSR count).